The van der Waals surface area contributed by atoms with Gasteiger partial charge in [-0.05, 0) is 25.7 Å². The van der Waals surface area contributed by atoms with Crippen molar-refractivity contribution in [3.8, 4) is 5.88 Å². The number of anilines is 1. The van der Waals surface area contributed by atoms with Gasteiger partial charge in [0, 0.05) is 32.2 Å². The molecule has 2 heterocycles. The van der Waals surface area contributed by atoms with E-state index in [1.165, 1.54) is 6.33 Å². The molecule has 0 spiro atoms. The van der Waals surface area contributed by atoms with Gasteiger partial charge in [-0.2, -0.15) is 0 Å². The minimum atomic E-state index is -3.09. The highest BCUT2D eigenvalue weighted by molar-refractivity contribution is 7.90. The fourth-order valence-corrected chi connectivity index (χ4v) is 4.71. The van der Waals surface area contributed by atoms with Crippen molar-refractivity contribution < 1.29 is 13.2 Å². The molecule has 8 heteroatoms. The smallest absolute Gasteiger partial charge is 0.218 e. The van der Waals surface area contributed by atoms with Gasteiger partial charge in [-0.1, -0.05) is 0 Å². The van der Waals surface area contributed by atoms with Crippen molar-refractivity contribution in [2.24, 2.45) is 0 Å². The van der Waals surface area contributed by atoms with Crippen LogP contribution in [0.3, 0.4) is 0 Å². The van der Waals surface area contributed by atoms with E-state index in [4.69, 9.17) is 4.74 Å². The first kappa shape index (κ1) is 15.5. The number of aromatic nitrogens is 2. The quantitative estimate of drug-likeness (QED) is 0.799. The highest BCUT2D eigenvalue weighted by atomic mass is 32.2. The predicted octanol–water partition coefficient (Wildman–Crippen LogP) is 0.878. The molecule has 2 fully saturated rings. The number of methoxy groups -OCH3 is 1. The molecule has 0 atom stereocenters. The van der Waals surface area contributed by atoms with E-state index in [2.05, 4.69) is 14.9 Å². The van der Waals surface area contributed by atoms with Crippen LogP contribution in [0.4, 0.5) is 5.82 Å². The van der Waals surface area contributed by atoms with Crippen LogP contribution in [0.1, 0.15) is 25.7 Å². The monoisotopic (exact) mass is 326 g/mol. The van der Waals surface area contributed by atoms with Crippen LogP contribution < -0.4 is 9.64 Å². The van der Waals surface area contributed by atoms with Crippen LogP contribution in [0.5, 0.6) is 5.88 Å². The van der Waals surface area contributed by atoms with Gasteiger partial charge >= 0.3 is 0 Å². The molecule has 0 N–H and O–H groups in total. The van der Waals surface area contributed by atoms with Crippen molar-refractivity contribution in [1.29, 1.82) is 0 Å². The molecule has 122 valence electrons. The van der Waals surface area contributed by atoms with Gasteiger partial charge in [0.15, 0.2) is 0 Å². The first-order valence-corrected chi connectivity index (χ1v) is 9.10. The molecular weight excluding hydrogens is 304 g/mol. The molecule has 0 amide bonds. The van der Waals surface area contributed by atoms with E-state index in [1.807, 2.05) is 6.07 Å². The van der Waals surface area contributed by atoms with Gasteiger partial charge in [-0.15, -0.1) is 0 Å². The summed E-state index contributed by atoms with van der Waals surface area (Å²) in [5, 5.41) is -0.137. The van der Waals surface area contributed by atoms with Crippen LogP contribution in [0, 0.1) is 0 Å². The second-order valence-electron chi connectivity index (χ2n) is 5.90. The zero-order chi connectivity index (χ0) is 15.7. The van der Waals surface area contributed by atoms with Gasteiger partial charge in [0.05, 0.1) is 12.4 Å². The van der Waals surface area contributed by atoms with Crippen LogP contribution in [0.25, 0.3) is 0 Å². The normalized spacial score (nSPS) is 20.4. The summed E-state index contributed by atoms with van der Waals surface area (Å²) < 4.78 is 31.3. The number of nitrogens with zero attached hydrogens (tertiary/aromatic N) is 4. The molecule has 2 aliphatic rings. The molecule has 3 rings (SSSR count). The number of ether oxygens (including phenoxy) is 1. The molecule has 0 aromatic carbocycles. The van der Waals surface area contributed by atoms with Crippen molar-refractivity contribution in [3.05, 3.63) is 12.4 Å². The van der Waals surface area contributed by atoms with Gasteiger partial charge in [-0.3, -0.25) is 0 Å². The SMILES string of the molecule is COc1cc(N2CCC(N(C)S(=O)(=O)C3CC3)CC2)ncn1. The molecule has 0 radical (unpaired) electrons. The van der Waals surface area contributed by atoms with E-state index >= 15 is 0 Å². The summed E-state index contributed by atoms with van der Waals surface area (Å²) in [6.45, 7) is 1.57. The minimum Gasteiger partial charge on any atom is -0.481 e. The summed E-state index contributed by atoms with van der Waals surface area (Å²) in [6, 6.07) is 1.90. The number of hydrogen-bond acceptors (Lipinski definition) is 6. The largest absolute Gasteiger partial charge is 0.481 e. The summed E-state index contributed by atoms with van der Waals surface area (Å²) in [5.74, 6) is 1.37. The molecule has 1 aromatic rings. The van der Waals surface area contributed by atoms with Crippen molar-refractivity contribution in [2.45, 2.75) is 37.0 Å². The van der Waals surface area contributed by atoms with E-state index in [-0.39, 0.29) is 11.3 Å². The van der Waals surface area contributed by atoms with Crippen LogP contribution in [0.2, 0.25) is 0 Å². The Morgan fingerprint density at radius 1 is 1.23 bits per heavy atom. The Balaban J connectivity index is 1.62. The molecule has 0 unspecified atom stereocenters. The van der Waals surface area contributed by atoms with Gasteiger partial charge < -0.3 is 9.64 Å². The molecule has 1 aliphatic carbocycles. The van der Waals surface area contributed by atoms with Crippen molar-refractivity contribution in [2.75, 3.05) is 32.1 Å². The fourth-order valence-electron chi connectivity index (χ4n) is 2.88. The van der Waals surface area contributed by atoms with E-state index in [0.29, 0.717) is 5.88 Å². The molecule has 7 nitrogen and oxygen atoms in total. The molecule has 1 aromatic heterocycles. The first-order chi connectivity index (χ1) is 10.5. The Labute approximate surface area is 131 Å². The van der Waals surface area contributed by atoms with Crippen molar-refractivity contribution >= 4 is 15.8 Å². The van der Waals surface area contributed by atoms with E-state index in [0.717, 1.165) is 44.6 Å². The molecule has 1 saturated carbocycles. The first-order valence-electron chi connectivity index (χ1n) is 7.60. The third kappa shape index (κ3) is 3.03. The third-order valence-corrected chi connectivity index (χ3v) is 6.90. The molecule has 22 heavy (non-hydrogen) atoms. The molecule has 0 bridgehead atoms. The Morgan fingerprint density at radius 3 is 2.50 bits per heavy atom. The van der Waals surface area contributed by atoms with Gasteiger partial charge in [0.2, 0.25) is 15.9 Å². The lowest BCUT2D eigenvalue weighted by Crippen LogP contribution is -2.46. The zero-order valence-electron chi connectivity index (χ0n) is 13.0. The van der Waals surface area contributed by atoms with Crippen LogP contribution in [-0.4, -0.2) is 61.2 Å². The maximum absolute atomic E-state index is 12.3. The Bertz CT molecular complexity index is 625. The Hall–Kier alpha value is -1.41. The molecule has 1 saturated heterocycles. The number of piperidine rings is 1. The van der Waals surface area contributed by atoms with Crippen molar-refractivity contribution in [3.63, 3.8) is 0 Å². The summed E-state index contributed by atoms with van der Waals surface area (Å²) in [7, 11) is 0.214. The second kappa shape index (κ2) is 6.00. The molecule has 1 aliphatic heterocycles. The maximum atomic E-state index is 12.3. The highest BCUT2D eigenvalue weighted by Gasteiger charge is 2.41. The van der Waals surface area contributed by atoms with E-state index in [1.54, 1.807) is 18.5 Å². The van der Waals surface area contributed by atoms with Crippen LogP contribution in [0.15, 0.2) is 12.4 Å². The average molecular weight is 326 g/mol. The summed E-state index contributed by atoms with van der Waals surface area (Å²) in [6.07, 6.45) is 4.74. The Morgan fingerprint density at radius 2 is 1.91 bits per heavy atom. The topological polar surface area (TPSA) is 75.6 Å². The fraction of sp³-hybridized carbons (Fsp3) is 0.714. The minimum absolute atomic E-state index is 0.0885. The number of sulfonamides is 1. The van der Waals surface area contributed by atoms with Crippen LogP contribution in [-0.2, 0) is 10.0 Å². The highest BCUT2D eigenvalue weighted by Crippen LogP contribution is 2.33. The van der Waals surface area contributed by atoms with Gasteiger partial charge in [0.25, 0.3) is 0 Å². The Kier molecular flexibility index (Phi) is 4.22. The standard InChI is InChI=1S/C14H22N4O3S/c1-17(22(19,20)12-3-4-12)11-5-7-18(8-6-11)13-9-14(21-2)16-10-15-13/h9-12H,3-8H2,1-2H3. The number of rotatable bonds is 5. The zero-order valence-corrected chi connectivity index (χ0v) is 13.8. The summed E-state index contributed by atoms with van der Waals surface area (Å²) >= 11 is 0. The predicted molar refractivity (Wildman–Crippen MR) is 83.5 cm³/mol. The van der Waals surface area contributed by atoms with Gasteiger partial charge in [0.1, 0.15) is 12.1 Å². The summed E-state index contributed by atoms with van der Waals surface area (Å²) in [5.41, 5.74) is 0. The molecular formula is C14H22N4O3S. The van der Waals surface area contributed by atoms with Crippen molar-refractivity contribution in [1.82, 2.24) is 14.3 Å². The van der Waals surface area contributed by atoms with E-state index in [9.17, 15) is 8.42 Å². The second-order valence-corrected chi connectivity index (χ2v) is 8.17. The lowest BCUT2D eigenvalue weighted by molar-refractivity contribution is 0.311. The lowest BCUT2D eigenvalue weighted by atomic mass is 10.1. The lowest BCUT2D eigenvalue weighted by Gasteiger charge is -2.36. The summed E-state index contributed by atoms with van der Waals surface area (Å²) in [4.78, 5) is 10.4. The third-order valence-electron chi connectivity index (χ3n) is 4.49. The number of hydrogen-bond donors (Lipinski definition) is 0. The average Bonchev–Trinajstić information content (AvgIpc) is 3.40. The van der Waals surface area contributed by atoms with Gasteiger partial charge in [-0.25, -0.2) is 22.7 Å². The van der Waals surface area contributed by atoms with Crippen LogP contribution >= 0.6 is 0 Å². The van der Waals surface area contributed by atoms with E-state index < -0.39 is 10.0 Å². The maximum Gasteiger partial charge on any atom is 0.218 e.